The maximum atomic E-state index is 6.11. The highest BCUT2D eigenvalue weighted by Gasteiger charge is 2.24. The molecule has 0 aromatic heterocycles. The van der Waals surface area contributed by atoms with Crippen LogP contribution in [-0.4, -0.2) is 12.7 Å². The lowest BCUT2D eigenvalue weighted by molar-refractivity contribution is 0.0145. The van der Waals surface area contributed by atoms with Crippen LogP contribution in [0.3, 0.4) is 0 Å². The first kappa shape index (κ1) is 21.0. The van der Waals surface area contributed by atoms with Crippen molar-refractivity contribution in [1.82, 2.24) is 0 Å². The second-order valence-electron chi connectivity index (χ2n) is 8.90. The van der Waals surface area contributed by atoms with Crippen molar-refractivity contribution in [3.05, 3.63) is 12.7 Å². The van der Waals surface area contributed by atoms with Crippen LogP contribution >= 0.6 is 0 Å². The van der Waals surface area contributed by atoms with Crippen LogP contribution < -0.4 is 0 Å². The van der Waals surface area contributed by atoms with Gasteiger partial charge in [-0.1, -0.05) is 70.8 Å². The Morgan fingerprint density at radius 2 is 1.32 bits per heavy atom. The molecule has 2 rings (SSSR count). The highest BCUT2D eigenvalue weighted by molar-refractivity contribution is 4.78. The Kier molecular flexibility index (Phi) is 10.9. The molecule has 0 N–H and O–H groups in total. The maximum absolute atomic E-state index is 6.11. The topological polar surface area (TPSA) is 9.23 Å². The molecule has 2 saturated carbocycles. The number of rotatable bonds is 12. The number of hydrogen-bond donors (Lipinski definition) is 0. The van der Waals surface area contributed by atoms with Gasteiger partial charge in [-0.25, -0.2) is 0 Å². The van der Waals surface area contributed by atoms with Gasteiger partial charge in [-0.15, -0.1) is 6.58 Å². The highest BCUT2D eigenvalue weighted by Crippen LogP contribution is 2.37. The Balaban J connectivity index is 1.48. The first-order valence-electron chi connectivity index (χ1n) is 11.5. The van der Waals surface area contributed by atoms with Crippen LogP contribution in [0.2, 0.25) is 0 Å². The summed E-state index contributed by atoms with van der Waals surface area (Å²) in [4.78, 5) is 0. The van der Waals surface area contributed by atoms with Crippen LogP contribution in [0.15, 0.2) is 12.7 Å². The zero-order chi connectivity index (χ0) is 17.7. The third-order valence-corrected chi connectivity index (χ3v) is 6.87. The molecule has 0 radical (unpaired) electrons. The summed E-state index contributed by atoms with van der Waals surface area (Å²) in [6, 6.07) is 0. The SMILES string of the molecule is C=CCCC1CCC(CCC2CCC(OCCCCCC)CC2)CC1. The number of hydrogen-bond acceptors (Lipinski definition) is 1. The predicted octanol–water partition coefficient (Wildman–Crippen LogP) is 7.69. The van der Waals surface area contributed by atoms with Gasteiger partial charge >= 0.3 is 0 Å². The second-order valence-corrected chi connectivity index (χ2v) is 8.90. The van der Waals surface area contributed by atoms with Crippen LogP contribution in [-0.2, 0) is 4.74 Å². The normalized spacial score (nSPS) is 30.3. The van der Waals surface area contributed by atoms with Crippen molar-refractivity contribution in [3.8, 4) is 0 Å². The van der Waals surface area contributed by atoms with Crippen molar-refractivity contribution < 1.29 is 4.74 Å². The Hall–Kier alpha value is -0.300. The van der Waals surface area contributed by atoms with Crippen LogP contribution in [0.1, 0.15) is 110 Å². The zero-order valence-electron chi connectivity index (χ0n) is 17.0. The number of ether oxygens (including phenoxy) is 1. The highest BCUT2D eigenvalue weighted by atomic mass is 16.5. The molecule has 1 heteroatoms. The summed E-state index contributed by atoms with van der Waals surface area (Å²) in [5, 5.41) is 0. The molecule has 2 aliphatic rings. The molecule has 0 unspecified atom stereocenters. The van der Waals surface area contributed by atoms with E-state index in [1.165, 1.54) is 103 Å². The largest absolute Gasteiger partial charge is 0.378 e. The quantitative estimate of drug-likeness (QED) is 0.259. The molecule has 146 valence electrons. The first-order chi connectivity index (χ1) is 12.3. The van der Waals surface area contributed by atoms with Crippen LogP contribution in [0, 0.1) is 17.8 Å². The predicted molar refractivity (Wildman–Crippen MR) is 110 cm³/mol. The summed E-state index contributed by atoms with van der Waals surface area (Å²) in [6.07, 6.45) is 25.0. The molecule has 0 spiro atoms. The Labute approximate surface area is 158 Å². The van der Waals surface area contributed by atoms with Crippen LogP contribution in [0.5, 0.6) is 0 Å². The summed E-state index contributed by atoms with van der Waals surface area (Å²) in [5.74, 6) is 3.03. The van der Waals surface area contributed by atoms with E-state index in [0.29, 0.717) is 6.10 Å². The third-order valence-electron chi connectivity index (χ3n) is 6.87. The molecule has 0 bridgehead atoms. The van der Waals surface area contributed by atoms with Crippen molar-refractivity contribution in [2.45, 2.75) is 116 Å². The molecule has 0 saturated heterocycles. The lowest BCUT2D eigenvalue weighted by atomic mass is 9.76. The summed E-state index contributed by atoms with van der Waals surface area (Å²) in [6.45, 7) is 7.14. The lowest BCUT2D eigenvalue weighted by Gasteiger charge is -2.32. The Morgan fingerprint density at radius 3 is 1.88 bits per heavy atom. The van der Waals surface area contributed by atoms with Crippen molar-refractivity contribution in [3.63, 3.8) is 0 Å². The summed E-state index contributed by atoms with van der Waals surface area (Å²) in [7, 11) is 0. The van der Waals surface area contributed by atoms with Gasteiger partial charge in [0, 0.05) is 6.61 Å². The van der Waals surface area contributed by atoms with Crippen molar-refractivity contribution in [2.75, 3.05) is 6.61 Å². The van der Waals surface area contributed by atoms with E-state index in [0.717, 1.165) is 24.4 Å². The standard InChI is InChI=1S/C24H44O/c1-3-5-7-8-20-25-24-18-16-23(17-19-24)15-14-22-12-10-21(11-13-22)9-6-4-2/h4,21-24H,2-3,5-20H2,1H3. The number of unbranched alkanes of at least 4 members (excludes halogenated alkanes) is 3. The average Bonchev–Trinajstić information content (AvgIpc) is 2.66. The van der Waals surface area contributed by atoms with E-state index in [1.807, 2.05) is 0 Å². The molecule has 0 aromatic rings. The minimum atomic E-state index is 0.582. The summed E-state index contributed by atoms with van der Waals surface area (Å²) in [5.41, 5.74) is 0. The summed E-state index contributed by atoms with van der Waals surface area (Å²) < 4.78 is 6.11. The van der Waals surface area contributed by atoms with Crippen molar-refractivity contribution in [2.24, 2.45) is 17.8 Å². The average molecular weight is 349 g/mol. The fourth-order valence-corrected chi connectivity index (χ4v) is 5.00. The number of allylic oxidation sites excluding steroid dienone is 1. The molecular weight excluding hydrogens is 304 g/mol. The van der Waals surface area contributed by atoms with E-state index in [4.69, 9.17) is 4.74 Å². The molecule has 0 atom stereocenters. The molecule has 0 amide bonds. The molecule has 0 heterocycles. The van der Waals surface area contributed by atoms with Gasteiger partial charge in [0.05, 0.1) is 6.10 Å². The zero-order valence-corrected chi connectivity index (χ0v) is 17.0. The van der Waals surface area contributed by atoms with Gasteiger partial charge in [-0.05, 0) is 62.7 Å². The lowest BCUT2D eigenvalue weighted by Crippen LogP contribution is -2.23. The second kappa shape index (κ2) is 13.0. The summed E-state index contributed by atoms with van der Waals surface area (Å²) >= 11 is 0. The van der Waals surface area contributed by atoms with Gasteiger partial charge in [0.2, 0.25) is 0 Å². The fourth-order valence-electron chi connectivity index (χ4n) is 5.00. The van der Waals surface area contributed by atoms with E-state index in [9.17, 15) is 0 Å². The molecule has 1 nitrogen and oxygen atoms in total. The molecule has 0 aliphatic heterocycles. The molecular formula is C24H44O. The van der Waals surface area contributed by atoms with Crippen molar-refractivity contribution in [1.29, 1.82) is 0 Å². The van der Waals surface area contributed by atoms with E-state index >= 15 is 0 Å². The molecule has 0 aromatic carbocycles. The van der Waals surface area contributed by atoms with Crippen molar-refractivity contribution >= 4 is 0 Å². The van der Waals surface area contributed by atoms with E-state index in [-0.39, 0.29) is 0 Å². The van der Waals surface area contributed by atoms with Gasteiger partial charge in [0.15, 0.2) is 0 Å². The van der Waals surface area contributed by atoms with Gasteiger partial charge in [-0.3, -0.25) is 0 Å². The minimum absolute atomic E-state index is 0.582. The minimum Gasteiger partial charge on any atom is -0.378 e. The van der Waals surface area contributed by atoms with Crippen LogP contribution in [0.4, 0.5) is 0 Å². The fraction of sp³-hybridized carbons (Fsp3) is 0.917. The molecule has 2 aliphatic carbocycles. The Morgan fingerprint density at radius 1 is 0.760 bits per heavy atom. The first-order valence-corrected chi connectivity index (χ1v) is 11.5. The molecule has 2 fully saturated rings. The third kappa shape index (κ3) is 8.76. The van der Waals surface area contributed by atoms with Crippen LogP contribution in [0.25, 0.3) is 0 Å². The maximum Gasteiger partial charge on any atom is 0.0575 e. The molecule has 25 heavy (non-hydrogen) atoms. The van der Waals surface area contributed by atoms with Gasteiger partial charge in [-0.2, -0.15) is 0 Å². The van der Waals surface area contributed by atoms with Gasteiger partial charge < -0.3 is 4.74 Å². The van der Waals surface area contributed by atoms with E-state index in [1.54, 1.807) is 0 Å². The van der Waals surface area contributed by atoms with Gasteiger partial charge in [0.1, 0.15) is 0 Å². The van der Waals surface area contributed by atoms with E-state index in [2.05, 4.69) is 19.6 Å². The van der Waals surface area contributed by atoms with E-state index < -0.39 is 0 Å². The Bertz CT molecular complexity index is 321. The smallest absolute Gasteiger partial charge is 0.0575 e. The monoisotopic (exact) mass is 348 g/mol. The van der Waals surface area contributed by atoms with Gasteiger partial charge in [0.25, 0.3) is 0 Å².